The molecule has 1 aromatic carbocycles. The second-order valence-corrected chi connectivity index (χ2v) is 9.62. The maximum absolute atomic E-state index is 11.4. The summed E-state index contributed by atoms with van der Waals surface area (Å²) in [6.07, 6.45) is 7.53. The molecule has 1 spiro atoms. The van der Waals surface area contributed by atoms with E-state index in [-0.39, 0.29) is 10.4 Å². The zero-order valence-electron chi connectivity index (χ0n) is 16.6. The van der Waals surface area contributed by atoms with Gasteiger partial charge >= 0.3 is 0 Å². The number of rotatable bonds is 3. The van der Waals surface area contributed by atoms with Gasteiger partial charge in [0.1, 0.15) is 5.65 Å². The van der Waals surface area contributed by atoms with E-state index in [1.807, 2.05) is 6.20 Å². The standard InChI is InChI=1S/C21H24N6O2S/c1-14-21(9-3-2-4-10-21)27-17(13-23-14)11-15-12-24-20(26-19(15)27)25-16-5-7-18(8-6-16)30(22,28)29/h5-8,11-12,23H,1-4,9-10,13H2,(H2,22,28,29)(H,24,25,26). The van der Waals surface area contributed by atoms with Crippen LogP contribution in [0.1, 0.15) is 37.8 Å². The topological polar surface area (TPSA) is 115 Å². The first kappa shape index (κ1) is 19.1. The van der Waals surface area contributed by atoms with Crippen LogP contribution in [0.25, 0.3) is 11.0 Å². The number of hydrogen-bond acceptors (Lipinski definition) is 6. The third-order valence-electron chi connectivity index (χ3n) is 6.21. The van der Waals surface area contributed by atoms with E-state index >= 15 is 0 Å². The molecule has 5 rings (SSSR count). The van der Waals surface area contributed by atoms with E-state index in [9.17, 15) is 8.42 Å². The Morgan fingerprint density at radius 3 is 2.60 bits per heavy atom. The van der Waals surface area contributed by atoms with Gasteiger partial charge in [-0.15, -0.1) is 0 Å². The van der Waals surface area contributed by atoms with Crippen molar-refractivity contribution < 1.29 is 8.42 Å². The van der Waals surface area contributed by atoms with Crippen LogP contribution in [-0.2, 0) is 22.1 Å². The number of nitrogens with two attached hydrogens (primary N) is 1. The minimum Gasteiger partial charge on any atom is -0.381 e. The van der Waals surface area contributed by atoms with Gasteiger partial charge in [0.2, 0.25) is 16.0 Å². The van der Waals surface area contributed by atoms with Crippen LogP contribution in [0.3, 0.4) is 0 Å². The highest BCUT2D eigenvalue weighted by Gasteiger charge is 2.41. The average molecular weight is 425 g/mol. The fraction of sp³-hybridized carbons (Fsp3) is 0.333. The van der Waals surface area contributed by atoms with Crippen molar-refractivity contribution in [1.29, 1.82) is 0 Å². The Balaban J connectivity index is 1.54. The minimum atomic E-state index is -3.72. The van der Waals surface area contributed by atoms with Crippen LogP contribution in [0.15, 0.2) is 53.7 Å². The van der Waals surface area contributed by atoms with Gasteiger partial charge in [0.15, 0.2) is 0 Å². The average Bonchev–Trinajstić information content (AvgIpc) is 3.10. The number of benzene rings is 1. The Morgan fingerprint density at radius 1 is 1.17 bits per heavy atom. The zero-order valence-corrected chi connectivity index (χ0v) is 17.4. The summed E-state index contributed by atoms with van der Waals surface area (Å²) >= 11 is 0. The lowest BCUT2D eigenvalue weighted by Gasteiger charge is -2.45. The van der Waals surface area contributed by atoms with Crippen LogP contribution in [0.4, 0.5) is 11.6 Å². The van der Waals surface area contributed by atoms with Crippen LogP contribution < -0.4 is 15.8 Å². The van der Waals surface area contributed by atoms with Gasteiger partial charge in [-0.3, -0.25) is 0 Å². The van der Waals surface area contributed by atoms with Gasteiger partial charge in [-0.2, -0.15) is 4.98 Å². The SMILES string of the molecule is C=C1NCc2cc3cnc(Nc4ccc(S(N)(=O)=O)cc4)nc3n2C12CCCCC2. The largest absolute Gasteiger partial charge is 0.381 e. The molecule has 1 aliphatic carbocycles. The number of nitrogens with zero attached hydrogens (tertiary/aromatic N) is 3. The Bertz CT molecular complexity index is 1240. The molecule has 0 saturated heterocycles. The summed E-state index contributed by atoms with van der Waals surface area (Å²) in [6, 6.07) is 8.37. The van der Waals surface area contributed by atoms with Gasteiger partial charge in [-0.1, -0.05) is 25.8 Å². The fourth-order valence-corrected chi connectivity index (χ4v) is 5.24. The highest BCUT2D eigenvalue weighted by Crippen LogP contribution is 2.44. The summed E-state index contributed by atoms with van der Waals surface area (Å²) in [7, 11) is -3.72. The lowest BCUT2D eigenvalue weighted by molar-refractivity contribution is 0.213. The Hall–Kier alpha value is -2.91. The van der Waals surface area contributed by atoms with Crippen molar-refractivity contribution in [3.63, 3.8) is 0 Å². The lowest BCUT2D eigenvalue weighted by Crippen LogP contribution is -2.47. The van der Waals surface area contributed by atoms with E-state index in [4.69, 9.17) is 10.1 Å². The summed E-state index contributed by atoms with van der Waals surface area (Å²) < 4.78 is 25.3. The van der Waals surface area contributed by atoms with E-state index in [1.54, 1.807) is 12.1 Å². The molecule has 9 heteroatoms. The van der Waals surface area contributed by atoms with Crippen molar-refractivity contribution in [1.82, 2.24) is 19.9 Å². The lowest BCUT2D eigenvalue weighted by atomic mass is 9.78. The molecule has 0 atom stereocenters. The number of fused-ring (bicyclic) bond motifs is 4. The summed E-state index contributed by atoms with van der Waals surface area (Å²) in [5.74, 6) is 0.460. The predicted octanol–water partition coefficient (Wildman–Crippen LogP) is 3.10. The van der Waals surface area contributed by atoms with Crippen LogP contribution in [0.5, 0.6) is 0 Å². The third kappa shape index (κ3) is 3.05. The normalized spacial score (nSPS) is 18.2. The second kappa shape index (κ2) is 6.82. The number of anilines is 2. The summed E-state index contributed by atoms with van der Waals surface area (Å²) in [4.78, 5) is 9.34. The van der Waals surface area contributed by atoms with Gasteiger partial charge in [0.05, 0.1) is 17.0 Å². The van der Waals surface area contributed by atoms with E-state index in [2.05, 4.69) is 32.8 Å². The van der Waals surface area contributed by atoms with Gasteiger partial charge < -0.3 is 15.2 Å². The van der Waals surface area contributed by atoms with Crippen LogP contribution in [0.2, 0.25) is 0 Å². The molecule has 156 valence electrons. The monoisotopic (exact) mass is 424 g/mol. The molecule has 0 bridgehead atoms. The van der Waals surface area contributed by atoms with E-state index < -0.39 is 10.0 Å². The number of primary sulfonamides is 1. The van der Waals surface area contributed by atoms with E-state index in [1.165, 1.54) is 37.1 Å². The number of nitrogens with one attached hydrogen (secondary N) is 2. The summed E-state index contributed by atoms with van der Waals surface area (Å²) in [5, 5.41) is 12.8. The van der Waals surface area contributed by atoms with Crippen molar-refractivity contribution >= 4 is 32.7 Å². The molecule has 0 unspecified atom stereocenters. The number of aromatic nitrogens is 3. The fourth-order valence-electron chi connectivity index (χ4n) is 4.73. The quantitative estimate of drug-likeness (QED) is 0.595. The minimum absolute atomic E-state index is 0.0651. The smallest absolute Gasteiger partial charge is 0.238 e. The molecule has 1 saturated carbocycles. The first-order valence-corrected chi connectivity index (χ1v) is 11.6. The maximum atomic E-state index is 11.4. The molecule has 0 radical (unpaired) electrons. The van der Waals surface area contributed by atoms with Gasteiger partial charge in [-0.25, -0.2) is 18.5 Å². The molecule has 1 fully saturated rings. The van der Waals surface area contributed by atoms with Crippen molar-refractivity contribution in [2.75, 3.05) is 5.32 Å². The molecule has 3 heterocycles. The number of sulfonamides is 1. The van der Waals surface area contributed by atoms with Crippen molar-refractivity contribution in [2.24, 2.45) is 5.14 Å². The zero-order chi connectivity index (χ0) is 20.9. The number of hydrogen-bond donors (Lipinski definition) is 3. The van der Waals surface area contributed by atoms with Crippen LogP contribution >= 0.6 is 0 Å². The van der Waals surface area contributed by atoms with E-state index in [0.717, 1.165) is 36.1 Å². The number of allylic oxidation sites excluding steroid dienone is 1. The van der Waals surface area contributed by atoms with Crippen molar-refractivity contribution in [3.05, 3.63) is 54.5 Å². The molecule has 1 aliphatic heterocycles. The molecule has 3 aromatic rings. The maximum Gasteiger partial charge on any atom is 0.238 e. The molecule has 2 aromatic heterocycles. The van der Waals surface area contributed by atoms with Crippen LogP contribution in [-0.4, -0.2) is 23.0 Å². The van der Waals surface area contributed by atoms with Crippen molar-refractivity contribution in [2.45, 2.75) is 49.1 Å². The Kier molecular flexibility index (Phi) is 4.33. The highest BCUT2D eigenvalue weighted by molar-refractivity contribution is 7.89. The first-order chi connectivity index (χ1) is 14.4. The molecule has 4 N–H and O–H groups in total. The molecule has 2 aliphatic rings. The molecular formula is C21H24N6O2S. The second-order valence-electron chi connectivity index (χ2n) is 8.06. The molecule has 30 heavy (non-hydrogen) atoms. The van der Waals surface area contributed by atoms with Gasteiger partial charge in [-0.05, 0) is 43.2 Å². The summed E-state index contributed by atoms with van der Waals surface area (Å²) in [5.41, 5.74) is 3.71. The third-order valence-corrected chi connectivity index (χ3v) is 7.14. The Labute approximate surface area is 175 Å². The molecule has 8 nitrogen and oxygen atoms in total. The van der Waals surface area contributed by atoms with Gasteiger partial charge in [0, 0.05) is 28.7 Å². The van der Waals surface area contributed by atoms with Gasteiger partial charge in [0.25, 0.3) is 0 Å². The van der Waals surface area contributed by atoms with Crippen LogP contribution in [0, 0.1) is 0 Å². The highest BCUT2D eigenvalue weighted by atomic mass is 32.2. The summed E-state index contributed by atoms with van der Waals surface area (Å²) in [6.45, 7) is 5.08. The first-order valence-electron chi connectivity index (χ1n) is 10.1. The van der Waals surface area contributed by atoms with Crippen molar-refractivity contribution in [3.8, 4) is 0 Å². The van der Waals surface area contributed by atoms with E-state index in [0.29, 0.717) is 11.6 Å². The predicted molar refractivity (Wildman–Crippen MR) is 116 cm³/mol. The molecule has 0 amide bonds. The Morgan fingerprint density at radius 2 is 1.90 bits per heavy atom. The molecular weight excluding hydrogens is 400 g/mol.